The van der Waals surface area contributed by atoms with Crippen LogP contribution in [0.3, 0.4) is 0 Å². The van der Waals surface area contributed by atoms with E-state index in [-0.39, 0.29) is 29.8 Å². The summed E-state index contributed by atoms with van der Waals surface area (Å²) in [5, 5.41) is 11.8. The molecule has 3 saturated carbocycles. The van der Waals surface area contributed by atoms with Crippen LogP contribution >= 0.6 is 23.2 Å². The molecule has 2 unspecified atom stereocenters. The van der Waals surface area contributed by atoms with Gasteiger partial charge in [-0.2, -0.15) is 0 Å². The van der Waals surface area contributed by atoms with E-state index in [1.165, 1.54) is 24.5 Å². The lowest BCUT2D eigenvalue weighted by Crippen LogP contribution is -2.69. The second-order valence-electron chi connectivity index (χ2n) is 10.9. The van der Waals surface area contributed by atoms with Crippen molar-refractivity contribution in [3.63, 3.8) is 0 Å². The van der Waals surface area contributed by atoms with Crippen LogP contribution in [-0.2, 0) is 14.3 Å². The lowest BCUT2D eigenvalue weighted by Gasteiger charge is -2.64. The number of carbonyl (C=O) groups excluding carboxylic acids is 3. The van der Waals surface area contributed by atoms with Crippen molar-refractivity contribution in [2.75, 3.05) is 5.83 Å². The summed E-state index contributed by atoms with van der Waals surface area (Å²) in [5.74, 6) is -6.27. The van der Waals surface area contributed by atoms with Gasteiger partial charge < -0.3 is 14.3 Å². The molecule has 0 saturated heterocycles. The second-order valence-corrected chi connectivity index (χ2v) is 11.7. The van der Waals surface area contributed by atoms with Crippen molar-refractivity contribution in [2.45, 2.75) is 63.0 Å². The highest BCUT2D eigenvalue weighted by Gasteiger charge is 2.76. The Hall–Kier alpha value is -1.89. The van der Waals surface area contributed by atoms with Crippen LogP contribution < -0.4 is 0 Å². The number of hydrogen-bond donors (Lipinski definition) is 1. The van der Waals surface area contributed by atoms with Crippen molar-refractivity contribution in [3.8, 4) is 0 Å². The molecule has 5 rings (SSSR count). The Balaban J connectivity index is 1.65. The molecule has 8 atom stereocenters. The number of halogens is 2. The van der Waals surface area contributed by atoms with E-state index in [1.54, 1.807) is 26.0 Å². The maximum Gasteiger partial charge on any atom is 0.375 e. The Kier molecular flexibility index (Phi) is 5.14. The van der Waals surface area contributed by atoms with Gasteiger partial charge in [0.1, 0.15) is 0 Å². The highest BCUT2D eigenvalue weighted by atomic mass is 35.5. The minimum Gasteiger partial charge on any atom is -0.457 e. The lowest BCUT2D eigenvalue weighted by atomic mass is 9.45. The molecule has 0 aromatic carbocycles. The zero-order valence-corrected chi connectivity index (χ0v) is 21.4. The Morgan fingerprint density at radius 3 is 2.74 bits per heavy atom. The molecule has 1 aromatic rings. The van der Waals surface area contributed by atoms with Gasteiger partial charge in [-0.25, -0.2) is 4.79 Å². The number of alkyl halides is 2. The maximum atomic E-state index is 13.9. The number of Topliss-reactive ketones (excluding diaryl/α,β-unsaturated/α-hetero) is 1. The van der Waals surface area contributed by atoms with Gasteiger partial charge in [0.2, 0.25) is 5.76 Å². The van der Waals surface area contributed by atoms with Gasteiger partial charge in [0.15, 0.2) is 17.2 Å². The third kappa shape index (κ3) is 3.02. The molecule has 4 aliphatic rings. The number of aliphatic hydroxyl groups excluding tert-OH is 1. The first-order chi connectivity index (χ1) is 17.1. The Labute approximate surface area is 217 Å². The number of carbonyl (C=O) groups is 3. The monoisotopic (exact) mass is 522 g/mol. The largest absolute Gasteiger partial charge is 0.457 e. The van der Waals surface area contributed by atoms with Crippen LogP contribution in [-0.4, -0.2) is 45.1 Å². The van der Waals surface area contributed by atoms with Crippen LogP contribution in [0.25, 0.3) is 0 Å². The minimum atomic E-state index is -2.82. The minimum absolute atomic E-state index is 0.0309. The van der Waals surface area contributed by atoms with Gasteiger partial charge in [0.05, 0.1) is 25.8 Å². The topological polar surface area (TPSA) is 93.8 Å². The van der Waals surface area contributed by atoms with Crippen molar-refractivity contribution >= 4 is 40.7 Å². The number of esters is 1. The van der Waals surface area contributed by atoms with E-state index in [1.807, 2.05) is 6.92 Å². The van der Waals surface area contributed by atoms with Crippen molar-refractivity contribution < 1.29 is 31.4 Å². The molecule has 1 aromatic heterocycles. The molecule has 0 aliphatic heterocycles. The number of hydrogen-bond acceptors (Lipinski definition) is 6. The van der Waals surface area contributed by atoms with E-state index in [0.29, 0.717) is 19.3 Å². The summed E-state index contributed by atoms with van der Waals surface area (Å²) < 4.78 is 27.4. The Morgan fingerprint density at radius 2 is 2.09 bits per heavy atom. The lowest BCUT2D eigenvalue weighted by molar-refractivity contribution is -0.177. The summed E-state index contributed by atoms with van der Waals surface area (Å²) in [6, 6.07) is 2.91. The molecule has 4 aliphatic carbocycles. The number of furan rings is 1. The van der Waals surface area contributed by atoms with E-state index < -0.39 is 50.9 Å². The third-order valence-corrected chi connectivity index (χ3v) is 10.7. The van der Waals surface area contributed by atoms with Crippen molar-refractivity contribution in [3.05, 3.63) is 48.0 Å². The zero-order chi connectivity index (χ0) is 27.2. The van der Waals surface area contributed by atoms with Gasteiger partial charge >= 0.3 is 5.97 Å². The number of allylic oxidation sites excluding steroid dienone is 4. The first-order valence-electron chi connectivity index (χ1n) is 12.9. The highest BCUT2D eigenvalue weighted by molar-refractivity contribution is 6.29. The molecule has 0 bridgehead atoms. The summed E-state index contributed by atoms with van der Waals surface area (Å²) in [7, 11) is 0. The number of fused-ring (bicyclic) bond motifs is 5. The van der Waals surface area contributed by atoms with Crippen LogP contribution in [0.4, 0.5) is 0 Å². The molecule has 0 spiro atoms. The average molecular weight is 523 g/mol. The predicted octanol–water partition coefficient (Wildman–Crippen LogP) is 4.87. The summed E-state index contributed by atoms with van der Waals surface area (Å²) in [6.07, 6.45) is 6.52. The molecule has 1 heterocycles. The number of aliphatic hydroxyl groups is 1. The smallest absolute Gasteiger partial charge is 0.375 e. The van der Waals surface area contributed by atoms with E-state index in [2.05, 4.69) is 0 Å². The zero-order valence-electron chi connectivity index (χ0n) is 21.8. The van der Waals surface area contributed by atoms with Gasteiger partial charge in [-0.3, -0.25) is 9.59 Å². The van der Waals surface area contributed by atoms with Crippen LogP contribution in [0.2, 0.25) is 0 Å². The molecule has 8 heteroatoms. The second kappa shape index (κ2) is 8.06. The van der Waals surface area contributed by atoms with Crippen LogP contribution in [0, 0.1) is 28.6 Å². The fourth-order valence-electron chi connectivity index (χ4n) is 7.94. The van der Waals surface area contributed by atoms with Crippen molar-refractivity contribution in [2.24, 2.45) is 28.6 Å². The first-order valence-corrected chi connectivity index (χ1v) is 12.7. The first kappa shape index (κ1) is 22.3. The Morgan fingerprint density at radius 1 is 1.34 bits per heavy atom. The normalized spacial score (nSPS) is 45.4. The van der Waals surface area contributed by atoms with Gasteiger partial charge in [-0.1, -0.05) is 32.4 Å². The van der Waals surface area contributed by atoms with Crippen LogP contribution in [0.15, 0.2) is 46.6 Å². The van der Waals surface area contributed by atoms with Crippen LogP contribution in [0.5, 0.6) is 0 Å². The average Bonchev–Trinajstić information content (AvgIpc) is 3.42. The molecule has 3 fully saturated rings. The summed E-state index contributed by atoms with van der Waals surface area (Å²) in [5.41, 5.74) is -3.08. The Bertz CT molecular complexity index is 1220. The fourth-order valence-corrected chi connectivity index (χ4v) is 8.60. The molecule has 0 amide bonds. The van der Waals surface area contributed by atoms with Gasteiger partial charge in [-0.05, 0) is 61.8 Å². The van der Waals surface area contributed by atoms with Crippen molar-refractivity contribution in [1.29, 1.82) is 0 Å². The predicted molar refractivity (Wildman–Crippen MR) is 130 cm³/mol. The van der Waals surface area contributed by atoms with E-state index in [0.717, 1.165) is 5.57 Å². The molecular weight excluding hydrogens is 491 g/mol. The third-order valence-electron chi connectivity index (χ3n) is 9.58. The molecular formula is C27H30Cl2O6. The van der Waals surface area contributed by atoms with Crippen molar-refractivity contribution in [1.82, 2.24) is 0 Å². The summed E-state index contributed by atoms with van der Waals surface area (Å²) in [4.78, 5) is 38.0. The molecule has 188 valence electrons. The SMILES string of the molecule is [2H]C([2H])(Cl)C(=O)[C@@]1(OC(=O)c2ccco2)[C@H](C)CC2C3CCC4=CC(=O)C=C[C@]4(C)[C@@]3(Cl)[C@@H](O)C[C@@]21C. The van der Waals surface area contributed by atoms with E-state index in [4.69, 9.17) is 35.1 Å². The van der Waals surface area contributed by atoms with E-state index >= 15 is 0 Å². The number of ether oxygens (including phenoxy) is 1. The maximum absolute atomic E-state index is 13.9. The number of ketones is 2. The van der Waals surface area contributed by atoms with Gasteiger partial charge in [-0.15, -0.1) is 23.2 Å². The molecule has 6 nitrogen and oxygen atoms in total. The molecule has 1 N–H and O–H groups in total. The van der Waals surface area contributed by atoms with E-state index in [9.17, 15) is 19.5 Å². The highest BCUT2D eigenvalue weighted by Crippen LogP contribution is 2.72. The van der Waals surface area contributed by atoms with Crippen LogP contribution in [0.1, 0.15) is 59.8 Å². The standard InChI is InChI=1S/C27H30Cl2O6/c1-15-11-19-18-7-6-16-12-17(30)8-9-24(16,2)26(18,29)21(31)13-25(19,3)27(15,22(32)14-28)35-23(33)20-5-4-10-34-20/h4-5,8-10,12,15,18-19,21,31H,6-7,11,13-14H2,1-3H3/t15-,18?,19?,21+,24+,25+,26+,27+/m1/s1/i14D2. The fraction of sp³-hybridized carbons (Fsp3) is 0.593. The van der Waals surface area contributed by atoms with Gasteiger partial charge in [0.25, 0.3) is 0 Å². The molecule has 0 radical (unpaired) electrons. The summed E-state index contributed by atoms with van der Waals surface area (Å²) in [6.45, 7) is 5.44. The quantitative estimate of drug-likeness (QED) is 0.447. The molecule has 35 heavy (non-hydrogen) atoms. The summed E-state index contributed by atoms with van der Waals surface area (Å²) >= 11 is 13.4. The van der Waals surface area contributed by atoms with Gasteiger partial charge in [0, 0.05) is 16.7 Å². The number of rotatable bonds is 4.